The molecule has 0 spiro atoms. The van der Waals surface area contributed by atoms with E-state index in [1.54, 1.807) is 18.4 Å². The van der Waals surface area contributed by atoms with Gasteiger partial charge in [-0.15, -0.1) is 11.3 Å². The fraction of sp³-hybridized carbons (Fsp3) is 0.444. The topological polar surface area (TPSA) is 41.1 Å². The Morgan fingerprint density at radius 3 is 2.93 bits per heavy atom. The standard InChI is InChI=1S/C9H13BrN2OS/c1-6(9(13)11-2)12-4-8-3-7(10)5-14-8/h3,5-6,12H,4H2,1-2H3,(H,11,13). The second-order valence-electron chi connectivity index (χ2n) is 2.95. The van der Waals surface area contributed by atoms with Crippen LogP contribution >= 0.6 is 27.3 Å². The predicted octanol–water partition coefficient (Wildman–Crippen LogP) is 1.73. The van der Waals surface area contributed by atoms with Crippen LogP contribution in [0.15, 0.2) is 15.9 Å². The zero-order valence-electron chi connectivity index (χ0n) is 8.13. The number of thiophene rings is 1. The fourth-order valence-corrected chi connectivity index (χ4v) is 2.41. The SMILES string of the molecule is CNC(=O)C(C)NCc1cc(Br)cs1. The lowest BCUT2D eigenvalue weighted by Gasteiger charge is -2.10. The number of hydrogen-bond donors (Lipinski definition) is 2. The molecule has 0 bridgehead atoms. The summed E-state index contributed by atoms with van der Waals surface area (Å²) in [6.45, 7) is 2.58. The van der Waals surface area contributed by atoms with E-state index in [1.807, 2.05) is 18.4 Å². The van der Waals surface area contributed by atoms with Gasteiger partial charge < -0.3 is 10.6 Å². The number of likely N-dealkylation sites (N-methyl/N-ethyl adjacent to an activating group) is 1. The summed E-state index contributed by atoms with van der Waals surface area (Å²) in [6.07, 6.45) is 0. The number of amides is 1. The normalized spacial score (nSPS) is 12.5. The van der Waals surface area contributed by atoms with Crippen LogP contribution in [0.5, 0.6) is 0 Å². The first-order valence-corrected chi connectivity index (χ1v) is 5.98. The molecule has 1 atom stereocenters. The van der Waals surface area contributed by atoms with Crippen molar-refractivity contribution in [2.75, 3.05) is 7.05 Å². The Morgan fingerprint density at radius 1 is 1.71 bits per heavy atom. The van der Waals surface area contributed by atoms with E-state index in [0.717, 1.165) is 11.0 Å². The lowest BCUT2D eigenvalue weighted by Crippen LogP contribution is -2.40. The summed E-state index contributed by atoms with van der Waals surface area (Å²) < 4.78 is 1.09. The molecule has 14 heavy (non-hydrogen) atoms. The number of hydrogen-bond acceptors (Lipinski definition) is 3. The Morgan fingerprint density at radius 2 is 2.43 bits per heavy atom. The van der Waals surface area contributed by atoms with Gasteiger partial charge in [0.2, 0.25) is 5.91 Å². The first-order chi connectivity index (χ1) is 6.63. The quantitative estimate of drug-likeness (QED) is 0.880. The minimum Gasteiger partial charge on any atom is -0.358 e. The van der Waals surface area contributed by atoms with E-state index in [-0.39, 0.29) is 11.9 Å². The van der Waals surface area contributed by atoms with Crippen LogP contribution in [-0.4, -0.2) is 19.0 Å². The van der Waals surface area contributed by atoms with E-state index in [4.69, 9.17) is 0 Å². The molecule has 0 aliphatic rings. The molecular formula is C9H13BrN2OS. The van der Waals surface area contributed by atoms with Crippen LogP contribution < -0.4 is 10.6 Å². The summed E-state index contributed by atoms with van der Waals surface area (Å²) in [4.78, 5) is 12.4. The van der Waals surface area contributed by atoms with Crippen molar-refractivity contribution in [3.05, 3.63) is 20.8 Å². The molecule has 78 valence electrons. The smallest absolute Gasteiger partial charge is 0.236 e. The molecule has 1 amide bonds. The van der Waals surface area contributed by atoms with Gasteiger partial charge in [-0.1, -0.05) is 0 Å². The molecule has 3 nitrogen and oxygen atoms in total. The molecule has 1 aromatic heterocycles. The van der Waals surface area contributed by atoms with Crippen molar-refractivity contribution in [3.8, 4) is 0 Å². The van der Waals surface area contributed by atoms with Crippen molar-refractivity contribution in [2.45, 2.75) is 19.5 Å². The van der Waals surface area contributed by atoms with E-state index < -0.39 is 0 Å². The lowest BCUT2D eigenvalue weighted by atomic mass is 10.3. The van der Waals surface area contributed by atoms with Crippen molar-refractivity contribution in [1.29, 1.82) is 0 Å². The maximum atomic E-state index is 11.2. The van der Waals surface area contributed by atoms with E-state index >= 15 is 0 Å². The Balaban J connectivity index is 2.37. The second-order valence-corrected chi connectivity index (χ2v) is 4.86. The van der Waals surface area contributed by atoms with Crippen LogP contribution in [-0.2, 0) is 11.3 Å². The molecule has 0 aliphatic carbocycles. The number of carbonyl (C=O) groups excluding carboxylic acids is 1. The first-order valence-electron chi connectivity index (χ1n) is 4.31. The summed E-state index contributed by atoms with van der Waals surface area (Å²) in [5.74, 6) is 0.0145. The minimum atomic E-state index is -0.152. The molecule has 1 aromatic rings. The van der Waals surface area contributed by atoms with Crippen molar-refractivity contribution in [2.24, 2.45) is 0 Å². The van der Waals surface area contributed by atoms with Gasteiger partial charge in [-0.25, -0.2) is 0 Å². The molecule has 2 N–H and O–H groups in total. The third-order valence-corrected chi connectivity index (χ3v) is 3.54. The van der Waals surface area contributed by atoms with Crippen molar-refractivity contribution in [3.63, 3.8) is 0 Å². The van der Waals surface area contributed by atoms with Crippen molar-refractivity contribution in [1.82, 2.24) is 10.6 Å². The van der Waals surface area contributed by atoms with Gasteiger partial charge in [-0.3, -0.25) is 4.79 Å². The highest BCUT2D eigenvalue weighted by Gasteiger charge is 2.09. The first kappa shape index (κ1) is 11.7. The van der Waals surface area contributed by atoms with Crippen LogP contribution in [0.25, 0.3) is 0 Å². The number of nitrogens with one attached hydrogen (secondary N) is 2. The third kappa shape index (κ3) is 3.40. The Kier molecular flexibility index (Phi) is 4.57. The molecule has 0 aliphatic heterocycles. The van der Waals surface area contributed by atoms with Gasteiger partial charge in [-0.2, -0.15) is 0 Å². The average Bonchev–Trinajstić information content (AvgIpc) is 2.59. The van der Waals surface area contributed by atoms with Gasteiger partial charge in [0.05, 0.1) is 6.04 Å². The predicted molar refractivity (Wildman–Crippen MR) is 62.4 cm³/mol. The zero-order valence-corrected chi connectivity index (χ0v) is 10.5. The van der Waals surface area contributed by atoms with Crippen molar-refractivity contribution >= 4 is 33.2 Å². The molecule has 1 rings (SSSR count). The number of carbonyl (C=O) groups is 1. The Bertz CT molecular complexity index is 314. The van der Waals surface area contributed by atoms with Gasteiger partial charge in [0.1, 0.15) is 0 Å². The van der Waals surface area contributed by atoms with E-state index in [1.165, 1.54) is 4.88 Å². The third-order valence-electron chi connectivity index (χ3n) is 1.84. The molecule has 5 heteroatoms. The maximum absolute atomic E-state index is 11.2. The van der Waals surface area contributed by atoms with Crippen LogP contribution in [0.3, 0.4) is 0 Å². The van der Waals surface area contributed by atoms with Crippen molar-refractivity contribution < 1.29 is 4.79 Å². The molecule has 0 fully saturated rings. The van der Waals surface area contributed by atoms with Crippen LogP contribution in [0, 0.1) is 0 Å². The fourth-order valence-electron chi connectivity index (χ4n) is 1.01. The van der Waals surface area contributed by atoms with E-state index in [2.05, 4.69) is 26.6 Å². The van der Waals surface area contributed by atoms with Gasteiger partial charge in [0.25, 0.3) is 0 Å². The van der Waals surface area contributed by atoms with Gasteiger partial charge in [0.15, 0.2) is 0 Å². The maximum Gasteiger partial charge on any atom is 0.236 e. The van der Waals surface area contributed by atoms with Gasteiger partial charge in [-0.05, 0) is 28.9 Å². The summed E-state index contributed by atoms with van der Waals surface area (Å²) in [5, 5.41) is 7.77. The Labute approximate surface area is 96.0 Å². The van der Waals surface area contributed by atoms with E-state index in [9.17, 15) is 4.79 Å². The molecule has 0 saturated heterocycles. The van der Waals surface area contributed by atoms with E-state index in [0.29, 0.717) is 0 Å². The minimum absolute atomic E-state index is 0.0145. The summed E-state index contributed by atoms with van der Waals surface area (Å²) >= 11 is 5.05. The molecular weight excluding hydrogens is 264 g/mol. The summed E-state index contributed by atoms with van der Waals surface area (Å²) in [5.41, 5.74) is 0. The highest BCUT2D eigenvalue weighted by Crippen LogP contribution is 2.19. The molecule has 1 unspecified atom stereocenters. The molecule has 1 heterocycles. The molecule has 0 aromatic carbocycles. The second kappa shape index (κ2) is 5.48. The van der Waals surface area contributed by atoms with Crippen LogP contribution in [0.2, 0.25) is 0 Å². The highest BCUT2D eigenvalue weighted by atomic mass is 79.9. The monoisotopic (exact) mass is 276 g/mol. The lowest BCUT2D eigenvalue weighted by molar-refractivity contribution is -0.122. The van der Waals surface area contributed by atoms with Gasteiger partial charge in [0, 0.05) is 28.3 Å². The molecule has 0 radical (unpaired) electrons. The van der Waals surface area contributed by atoms with Gasteiger partial charge >= 0.3 is 0 Å². The largest absolute Gasteiger partial charge is 0.358 e. The van der Waals surface area contributed by atoms with Crippen LogP contribution in [0.4, 0.5) is 0 Å². The summed E-state index contributed by atoms with van der Waals surface area (Å²) in [7, 11) is 1.64. The number of rotatable bonds is 4. The number of halogens is 1. The average molecular weight is 277 g/mol. The highest BCUT2D eigenvalue weighted by molar-refractivity contribution is 9.10. The summed E-state index contributed by atoms with van der Waals surface area (Å²) in [6, 6.07) is 1.90. The zero-order chi connectivity index (χ0) is 10.6. The molecule has 0 saturated carbocycles. The Hall–Kier alpha value is -0.390. The van der Waals surface area contributed by atoms with Crippen LogP contribution in [0.1, 0.15) is 11.8 Å².